The van der Waals surface area contributed by atoms with Gasteiger partial charge in [0, 0.05) is 31.2 Å². The van der Waals surface area contributed by atoms with E-state index in [1.54, 1.807) is 10.5 Å². The summed E-state index contributed by atoms with van der Waals surface area (Å²) in [6.45, 7) is 3.96. The smallest absolute Gasteiger partial charge is 0.260 e. The quantitative estimate of drug-likeness (QED) is 0.853. The molecule has 0 bridgehead atoms. The number of piperidine rings is 1. The molecule has 0 unspecified atom stereocenters. The van der Waals surface area contributed by atoms with E-state index in [9.17, 15) is 8.42 Å². The zero-order valence-electron chi connectivity index (χ0n) is 11.8. The molecule has 0 amide bonds. The van der Waals surface area contributed by atoms with Crippen LogP contribution >= 0.6 is 0 Å². The summed E-state index contributed by atoms with van der Waals surface area (Å²) >= 11 is 0. The number of nitrogens with one attached hydrogen (secondary N) is 2. The minimum Gasteiger partial charge on any atom is -0.310 e. The summed E-state index contributed by atoms with van der Waals surface area (Å²) in [7, 11) is -3.42. The largest absolute Gasteiger partial charge is 0.310 e. The Morgan fingerprint density at radius 1 is 1.35 bits per heavy atom. The second kappa shape index (κ2) is 5.46. The van der Waals surface area contributed by atoms with Gasteiger partial charge in [-0.25, -0.2) is 8.42 Å². The van der Waals surface area contributed by atoms with Crippen molar-refractivity contribution < 1.29 is 8.42 Å². The maximum Gasteiger partial charge on any atom is 0.260 e. The van der Waals surface area contributed by atoms with E-state index in [1.165, 1.54) is 12.8 Å². The molecule has 20 heavy (non-hydrogen) atoms. The summed E-state index contributed by atoms with van der Waals surface area (Å²) in [5, 5.41) is 10.2. The van der Waals surface area contributed by atoms with Crippen LogP contribution in [0.3, 0.4) is 0 Å². The van der Waals surface area contributed by atoms with E-state index >= 15 is 0 Å². The molecule has 1 aliphatic heterocycles. The van der Waals surface area contributed by atoms with Gasteiger partial charge in [0.1, 0.15) is 0 Å². The minimum atomic E-state index is -3.42. The first kappa shape index (κ1) is 14.0. The lowest BCUT2D eigenvalue weighted by Crippen LogP contribution is -2.38. The average molecular weight is 298 g/mol. The van der Waals surface area contributed by atoms with Crippen molar-refractivity contribution in [2.45, 2.75) is 50.2 Å². The van der Waals surface area contributed by atoms with Gasteiger partial charge in [-0.15, -0.1) is 0 Å². The number of aromatic nitrogens is 2. The third-order valence-corrected chi connectivity index (χ3v) is 6.09. The molecule has 0 spiro atoms. The van der Waals surface area contributed by atoms with E-state index in [-0.39, 0.29) is 5.03 Å². The van der Waals surface area contributed by atoms with Crippen LogP contribution in [0, 0.1) is 5.92 Å². The number of hydrogen-bond donors (Lipinski definition) is 2. The maximum atomic E-state index is 12.7. The van der Waals surface area contributed by atoms with Gasteiger partial charge in [-0.05, 0) is 31.6 Å². The van der Waals surface area contributed by atoms with Crippen LogP contribution in [0.4, 0.5) is 0 Å². The van der Waals surface area contributed by atoms with E-state index in [2.05, 4.69) is 22.4 Å². The molecule has 112 valence electrons. The second-order valence-electron chi connectivity index (χ2n) is 5.97. The van der Waals surface area contributed by atoms with Crippen LogP contribution in [0.5, 0.6) is 0 Å². The Kier molecular flexibility index (Phi) is 3.83. The van der Waals surface area contributed by atoms with Gasteiger partial charge in [0.25, 0.3) is 10.0 Å². The number of aromatic amines is 1. The van der Waals surface area contributed by atoms with Gasteiger partial charge in [-0.1, -0.05) is 6.92 Å². The molecule has 0 aromatic carbocycles. The normalized spacial score (nSPS) is 22.2. The predicted octanol–water partition coefficient (Wildman–Crippen LogP) is 1.08. The van der Waals surface area contributed by atoms with Gasteiger partial charge in [0.05, 0.1) is 6.20 Å². The average Bonchev–Trinajstić information content (AvgIpc) is 3.13. The van der Waals surface area contributed by atoms with Gasteiger partial charge in [-0.3, -0.25) is 5.10 Å². The topological polar surface area (TPSA) is 78.1 Å². The van der Waals surface area contributed by atoms with E-state index in [4.69, 9.17) is 0 Å². The first-order chi connectivity index (χ1) is 9.57. The zero-order chi connectivity index (χ0) is 14.2. The van der Waals surface area contributed by atoms with Crippen LogP contribution in [-0.2, 0) is 16.6 Å². The van der Waals surface area contributed by atoms with E-state index in [1.807, 2.05) is 0 Å². The Balaban J connectivity index is 1.74. The molecule has 1 saturated carbocycles. The lowest BCUT2D eigenvalue weighted by Gasteiger charge is -2.29. The SMILES string of the molecule is CC1CCN(S(=O)(=O)c2[nH]ncc2CNC2CC2)CC1. The van der Waals surface area contributed by atoms with Crippen LogP contribution in [-0.4, -0.2) is 42.1 Å². The van der Waals surface area contributed by atoms with Crippen molar-refractivity contribution in [1.82, 2.24) is 19.8 Å². The highest BCUT2D eigenvalue weighted by Crippen LogP contribution is 2.25. The molecule has 0 atom stereocenters. The highest BCUT2D eigenvalue weighted by atomic mass is 32.2. The standard InChI is InChI=1S/C13H22N4O2S/c1-10-4-6-17(7-5-10)20(18,19)13-11(9-15-16-13)8-14-12-2-3-12/h9-10,12,14H,2-8H2,1H3,(H,15,16). The van der Waals surface area contributed by atoms with Crippen LogP contribution in [0.25, 0.3) is 0 Å². The van der Waals surface area contributed by atoms with Crippen LogP contribution < -0.4 is 5.32 Å². The van der Waals surface area contributed by atoms with Gasteiger partial charge >= 0.3 is 0 Å². The lowest BCUT2D eigenvalue weighted by molar-refractivity contribution is 0.287. The van der Waals surface area contributed by atoms with Crippen molar-refractivity contribution in [2.24, 2.45) is 5.92 Å². The minimum absolute atomic E-state index is 0.264. The summed E-state index contributed by atoms with van der Waals surface area (Å²) in [6, 6.07) is 0.552. The summed E-state index contributed by atoms with van der Waals surface area (Å²) in [4.78, 5) is 0. The summed E-state index contributed by atoms with van der Waals surface area (Å²) in [5.41, 5.74) is 0.746. The fourth-order valence-corrected chi connectivity index (χ4v) is 4.12. The molecule has 0 radical (unpaired) electrons. The van der Waals surface area contributed by atoms with Gasteiger partial charge < -0.3 is 5.32 Å². The molecule has 1 aromatic heterocycles. The third kappa shape index (κ3) is 2.89. The molecule has 1 aliphatic carbocycles. The molecule has 3 rings (SSSR count). The van der Waals surface area contributed by atoms with E-state index in [0.717, 1.165) is 18.4 Å². The van der Waals surface area contributed by atoms with Crippen molar-refractivity contribution in [3.8, 4) is 0 Å². The first-order valence-electron chi connectivity index (χ1n) is 7.33. The molecule has 7 heteroatoms. The Bertz CT molecular complexity index is 557. The fraction of sp³-hybridized carbons (Fsp3) is 0.769. The van der Waals surface area contributed by atoms with Crippen molar-refractivity contribution in [2.75, 3.05) is 13.1 Å². The number of nitrogens with zero attached hydrogens (tertiary/aromatic N) is 2. The van der Waals surface area contributed by atoms with Crippen molar-refractivity contribution in [3.63, 3.8) is 0 Å². The van der Waals surface area contributed by atoms with Gasteiger partial charge in [0.2, 0.25) is 0 Å². The molecule has 2 aliphatic rings. The van der Waals surface area contributed by atoms with Crippen LogP contribution in [0.15, 0.2) is 11.2 Å². The highest BCUT2D eigenvalue weighted by molar-refractivity contribution is 7.89. The van der Waals surface area contributed by atoms with Gasteiger partial charge in [-0.2, -0.15) is 9.40 Å². The van der Waals surface area contributed by atoms with Crippen LogP contribution in [0.1, 0.15) is 38.2 Å². The third-order valence-electron chi connectivity index (χ3n) is 4.18. The summed E-state index contributed by atoms with van der Waals surface area (Å²) < 4.78 is 26.9. The molecule has 1 aromatic rings. The molecular formula is C13H22N4O2S. The second-order valence-corrected chi connectivity index (χ2v) is 7.84. The molecule has 6 nitrogen and oxygen atoms in total. The monoisotopic (exact) mass is 298 g/mol. The van der Waals surface area contributed by atoms with Crippen LogP contribution in [0.2, 0.25) is 0 Å². The molecular weight excluding hydrogens is 276 g/mol. The first-order valence-corrected chi connectivity index (χ1v) is 8.77. The van der Waals surface area contributed by atoms with Crippen molar-refractivity contribution in [1.29, 1.82) is 0 Å². The number of H-pyrrole nitrogens is 1. The van der Waals surface area contributed by atoms with Gasteiger partial charge in [0.15, 0.2) is 5.03 Å². The molecule has 2 heterocycles. The predicted molar refractivity (Wildman–Crippen MR) is 75.6 cm³/mol. The Morgan fingerprint density at radius 2 is 2.05 bits per heavy atom. The summed E-state index contributed by atoms with van der Waals surface area (Å²) in [5.74, 6) is 0.610. The molecule has 1 saturated heterocycles. The fourth-order valence-electron chi connectivity index (χ4n) is 2.54. The number of sulfonamides is 1. The molecule has 2 fully saturated rings. The number of hydrogen-bond acceptors (Lipinski definition) is 4. The van der Waals surface area contributed by atoms with Crippen molar-refractivity contribution >= 4 is 10.0 Å². The maximum absolute atomic E-state index is 12.7. The van der Waals surface area contributed by atoms with Crippen molar-refractivity contribution in [3.05, 3.63) is 11.8 Å². The Hall–Kier alpha value is -0.920. The summed E-state index contributed by atoms with van der Waals surface area (Å²) in [6.07, 6.45) is 5.86. The van der Waals surface area contributed by atoms with E-state index < -0.39 is 10.0 Å². The molecule has 2 N–H and O–H groups in total. The lowest BCUT2D eigenvalue weighted by atomic mass is 10.0. The van der Waals surface area contributed by atoms with E-state index in [0.29, 0.717) is 31.6 Å². The Labute approximate surface area is 120 Å². The number of rotatable bonds is 5. The Morgan fingerprint density at radius 3 is 2.70 bits per heavy atom. The zero-order valence-corrected chi connectivity index (χ0v) is 12.6. The highest BCUT2D eigenvalue weighted by Gasteiger charge is 2.31.